The van der Waals surface area contributed by atoms with Crippen LogP contribution in [-0.2, 0) is 0 Å². The van der Waals surface area contributed by atoms with Crippen molar-refractivity contribution < 1.29 is 4.79 Å². The third-order valence-electron chi connectivity index (χ3n) is 3.04. The summed E-state index contributed by atoms with van der Waals surface area (Å²) in [5, 5.41) is 13.1. The van der Waals surface area contributed by atoms with Gasteiger partial charge in [-0.2, -0.15) is 5.10 Å². The number of aromatic amines is 1. The van der Waals surface area contributed by atoms with Crippen molar-refractivity contribution in [3.8, 4) is 0 Å². The standard InChI is InChI=1S/C11H18N4O.ClH/c1-7-6-12-4-3-9(7)13-11(16)10-5-8(2)14-15-10;/h5,7,9,12H,3-4,6H2,1-2H3,(H,13,16)(H,14,15);1H. The fourth-order valence-corrected chi connectivity index (χ4v) is 2.01. The molecule has 0 aromatic carbocycles. The quantitative estimate of drug-likeness (QED) is 0.737. The molecule has 3 N–H and O–H groups in total. The Labute approximate surface area is 107 Å². The van der Waals surface area contributed by atoms with E-state index in [1.54, 1.807) is 6.07 Å². The van der Waals surface area contributed by atoms with Crippen molar-refractivity contribution >= 4 is 18.3 Å². The van der Waals surface area contributed by atoms with Gasteiger partial charge in [0.2, 0.25) is 0 Å². The molecule has 0 bridgehead atoms. The SMILES string of the molecule is Cc1cc(C(=O)NC2CCNCC2C)n[nH]1.Cl. The van der Waals surface area contributed by atoms with Gasteiger partial charge >= 0.3 is 0 Å². The summed E-state index contributed by atoms with van der Waals surface area (Å²) in [7, 11) is 0. The minimum atomic E-state index is -0.0805. The number of carbonyl (C=O) groups excluding carboxylic acids is 1. The first-order valence-electron chi connectivity index (χ1n) is 5.70. The van der Waals surface area contributed by atoms with Crippen LogP contribution in [0.1, 0.15) is 29.5 Å². The number of nitrogens with zero attached hydrogens (tertiary/aromatic N) is 1. The van der Waals surface area contributed by atoms with Gasteiger partial charge in [0, 0.05) is 11.7 Å². The van der Waals surface area contributed by atoms with Gasteiger partial charge in [-0.3, -0.25) is 9.89 Å². The molecule has 1 aromatic rings. The Morgan fingerprint density at radius 3 is 2.94 bits per heavy atom. The van der Waals surface area contributed by atoms with Gasteiger partial charge in [0.1, 0.15) is 5.69 Å². The van der Waals surface area contributed by atoms with Crippen molar-refractivity contribution in [2.75, 3.05) is 13.1 Å². The van der Waals surface area contributed by atoms with Crippen LogP contribution in [0.2, 0.25) is 0 Å². The summed E-state index contributed by atoms with van der Waals surface area (Å²) in [5.41, 5.74) is 1.38. The normalized spacial score (nSPS) is 23.9. The second-order valence-corrected chi connectivity index (χ2v) is 4.49. The van der Waals surface area contributed by atoms with Gasteiger partial charge in [-0.15, -0.1) is 12.4 Å². The van der Waals surface area contributed by atoms with Crippen LogP contribution in [0.4, 0.5) is 0 Å². The number of nitrogens with one attached hydrogen (secondary N) is 3. The van der Waals surface area contributed by atoms with Crippen LogP contribution in [0.5, 0.6) is 0 Å². The minimum Gasteiger partial charge on any atom is -0.348 e. The molecular weight excluding hydrogens is 240 g/mol. The molecule has 0 aliphatic carbocycles. The third kappa shape index (κ3) is 3.44. The number of halogens is 1. The Morgan fingerprint density at radius 2 is 2.35 bits per heavy atom. The maximum atomic E-state index is 11.9. The number of piperidine rings is 1. The zero-order valence-electron chi connectivity index (χ0n) is 10.1. The van der Waals surface area contributed by atoms with Crippen molar-refractivity contribution in [2.24, 2.45) is 5.92 Å². The molecule has 1 aromatic heterocycles. The van der Waals surface area contributed by atoms with Crippen molar-refractivity contribution in [1.82, 2.24) is 20.8 Å². The van der Waals surface area contributed by atoms with Gasteiger partial charge in [-0.1, -0.05) is 6.92 Å². The zero-order chi connectivity index (χ0) is 11.5. The molecule has 1 aliphatic heterocycles. The Kier molecular flexibility index (Phi) is 4.96. The Balaban J connectivity index is 0.00000144. The van der Waals surface area contributed by atoms with E-state index in [0.717, 1.165) is 25.2 Å². The van der Waals surface area contributed by atoms with E-state index in [1.807, 2.05) is 6.92 Å². The molecule has 5 nitrogen and oxygen atoms in total. The van der Waals surface area contributed by atoms with Crippen molar-refractivity contribution in [2.45, 2.75) is 26.3 Å². The van der Waals surface area contributed by atoms with Crippen LogP contribution in [0.25, 0.3) is 0 Å². The topological polar surface area (TPSA) is 69.8 Å². The van der Waals surface area contributed by atoms with Gasteiger partial charge in [0.05, 0.1) is 0 Å². The first-order valence-corrected chi connectivity index (χ1v) is 5.70. The van der Waals surface area contributed by atoms with E-state index in [4.69, 9.17) is 0 Å². The number of hydrogen-bond donors (Lipinski definition) is 3. The molecule has 0 saturated carbocycles. The summed E-state index contributed by atoms with van der Waals surface area (Å²) < 4.78 is 0. The summed E-state index contributed by atoms with van der Waals surface area (Å²) in [4.78, 5) is 11.9. The average molecular weight is 259 g/mol. The summed E-state index contributed by atoms with van der Waals surface area (Å²) in [6.07, 6.45) is 0.982. The van der Waals surface area contributed by atoms with Gasteiger partial charge in [0.15, 0.2) is 0 Å². The number of hydrogen-bond acceptors (Lipinski definition) is 3. The lowest BCUT2D eigenvalue weighted by atomic mass is 9.95. The van der Waals surface area contributed by atoms with Crippen molar-refractivity contribution in [3.63, 3.8) is 0 Å². The molecule has 17 heavy (non-hydrogen) atoms. The van der Waals surface area contributed by atoms with Gasteiger partial charge in [0.25, 0.3) is 5.91 Å². The first-order chi connectivity index (χ1) is 7.66. The third-order valence-corrected chi connectivity index (χ3v) is 3.04. The zero-order valence-corrected chi connectivity index (χ0v) is 10.9. The summed E-state index contributed by atoms with van der Waals surface area (Å²) >= 11 is 0. The van der Waals surface area contributed by atoms with E-state index in [-0.39, 0.29) is 24.4 Å². The van der Waals surface area contributed by atoms with Crippen LogP contribution in [0, 0.1) is 12.8 Å². The van der Waals surface area contributed by atoms with E-state index in [9.17, 15) is 4.79 Å². The number of H-pyrrole nitrogens is 1. The molecule has 96 valence electrons. The summed E-state index contributed by atoms with van der Waals surface area (Å²) in [5.74, 6) is 0.390. The second-order valence-electron chi connectivity index (χ2n) is 4.49. The maximum Gasteiger partial charge on any atom is 0.272 e. The fourth-order valence-electron chi connectivity index (χ4n) is 2.01. The van der Waals surface area contributed by atoms with Crippen molar-refractivity contribution in [1.29, 1.82) is 0 Å². The number of rotatable bonds is 2. The van der Waals surface area contributed by atoms with Crippen LogP contribution in [0.15, 0.2) is 6.07 Å². The highest BCUT2D eigenvalue weighted by Crippen LogP contribution is 2.11. The van der Waals surface area contributed by atoms with Crippen molar-refractivity contribution in [3.05, 3.63) is 17.5 Å². The number of carbonyl (C=O) groups is 1. The van der Waals surface area contributed by atoms with Crippen LogP contribution >= 0.6 is 12.4 Å². The van der Waals surface area contributed by atoms with E-state index >= 15 is 0 Å². The number of aryl methyl sites for hydroxylation is 1. The molecule has 0 radical (unpaired) electrons. The highest BCUT2D eigenvalue weighted by atomic mass is 35.5. The lowest BCUT2D eigenvalue weighted by Gasteiger charge is -2.29. The smallest absolute Gasteiger partial charge is 0.272 e. The maximum absolute atomic E-state index is 11.9. The van der Waals surface area contributed by atoms with E-state index < -0.39 is 0 Å². The van der Waals surface area contributed by atoms with E-state index in [0.29, 0.717) is 11.6 Å². The molecule has 0 spiro atoms. The molecule has 2 rings (SSSR count). The van der Waals surface area contributed by atoms with E-state index in [1.165, 1.54) is 0 Å². The lowest BCUT2D eigenvalue weighted by molar-refractivity contribution is 0.0909. The predicted molar refractivity (Wildman–Crippen MR) is 68.5 cm³/mol. The summed E-state index contributed by atoms with van der Waals surface area (Å²) in [6, 6.07) is 2.02. The van der Waals surface area contributed by atoms with Crippen LogP contribution in [0.3, 0.4) is 0 Å². The first kappa shape index (κ1) is 14.0. The largest absolute Gasteiger partial charge is 0.348 e. The summed E-state index contributed by atoms with van der Waals surface area (Å²) in [6.45, 7) is 5.96. The average Bonchev–Trinajstić information content (AvgIpc) is 2.68. The molecule has 2 heterocycles. The predicted octanol–water partition coefficient (Wildman–Crippen LogP) is 0.868. The molecule has 2 atom stereocenters. The molecule has 1 aliphatic rings. The minimum absolute atomic E-state index is 0. The molecule has 1 amide bonds. The molecular formula is C11H19ClN4O. The number of amides is 1. The molecule has 1 saturated heterocycles. The monoisotopic (exact) mass is 258 g/mol. The highest BCUT2D eigenvalue weighted by Gasteiger charge is 2.23. The van der Waals surface area contributed by atoms with Gasteiger partial charge < -0.3 is 10.6 Å². The van der Waals surface area contributed by atoms with Crippen LogP contribution < -0.4 is 10.6 Å². The van der Waals surface area contributed by atoms with E-state index in [2.05, 4.69) is 27.8 Å². The molecule has 1 fully saturated rings. The lowest BCUT2D eigenvalue weighted by Crippen LogP contribution is -2.48. The molecule has 6 heteroatoms. The molecule has 2 unspecified atom stereocenters. The highest BCUT2D eigenvalue weighted by molar-refractivity contribution is 5.92. The Hall–Kier alpha value is -1.07. The Morgan fingerprint density at radius 1 is 1.59 bits per heavy atom. The fraction of sp³-hybridized carbons (Fsp3) is 0.636. The Bertz CT molecular complexity index is 379. The van der Waals surface area contributed by atoms with Gasteiger partial charge in [-0.05, 0) is 38.4 Å². The van der Waals surface area contributed by atoms with Crippen LogP contribution in [-0.4, -0.2) is 35.2 Å². The second kappa shape index (κ2) is 6.02. The number of aromatic nitrogens is 2. The van der Waals surface area contributed by atoms with Gasteiger partial charge in [-0.25, -0.2) is 0 Å².